The molecule has 0 radical (unpaired) electrons. The number of anilines is 1. The summed E-state index contributed by atoms with van der Waals surface area (Å²) < 4.78 is 36.0. The average molecular weight is 435 g/mol. The van der Waals surface area contributed by atoms with Gasteiger partial charge in [0.1, 0.15) is 18.1 Å². The molecule has 7 nitrogen and oxygen atoms in total. The van der Waals surface area contributed by atoms with E-state index in [0.717, 1.165) is 17.6 Å². The topological polar surface area (TPSA) is 84.9 Å². The molecule has 0 aliphatic carbocycles. The summed E-state index contributed by atoms with van der Waals surface area (Å²) in [6.07, 6.45) is 0.963. The lowest BCUT2D eigenvalue weighted by Crippen LogP contribution is -2.44. The van der Waals surface area contributed by atoms with Crippen LogP contribution >= 0.6 is 0 Å². The van der Waals surface area contributed by atoms with Crippen LogP contribution in [-0.2, 0) is 14.8 Å². The van der Waals surface area contributed by atoms with Gasteiger partial charge < -0.3 is 14.8 Å². The van der Waals surface area contributed by atoms with Gasteiger partial charge in [-0.25, -0.2) is 8.42 Å². The van der Waals surface area contributed by atoms with Crippen LogP contribution in [0, 0.1) is 6.92 Å². The Balaban J connectivity index is 1.92. The van der Waals surface area contributed by atoms with E-state index in [4.69, 9.17) is 9.47 Å². The highest BCUT2D eigenvalue weighted by Crippen LogP contribution is 2.21. The van der Waals surface area contributed by atoms with E-state index in [2.05, 4.69) is 5.32 Å². The molecule has 0 spiro atoms. The van der Waals surface area contributed by atoms with Gasteiger partial charge in [0.2, 0.25) is 10.0 Å². The summed E-state index contributed by atoms with van der Waals surface area (Å²) in [5.74, 6) is 1.06. The van der Waals surface area contributed by atoms with Crippen molar-refractivity contribution in [1.29, 1.82) is 0 Å². The maximum absolute atomic E-state index is 12.6. The van der Waals surface area contributed by atoms with Gasteiger partial charge in [0.25, 0.3) is 5.91 Å². The second-order valence-electron chi connectivity index (χ2n) is 7.23. The molecule has 2 unspecified atom stereocenters. The molecule has 0 saturated heterocycles. The largest absolute Gasteiger partial charge is 0.491 e. The van der Waals surface area contributed by atoms with Crippen molar-refractivity contribution in [2.75, 3.05) is 24.2 Å². The van der Waals surface area contributed by atoms with Crippen molar-refractivity contribution >= 4 is 21.6 Å². The van der Waals surface area contributed by atoms with Gasteiger partial charge in [-0.05, 0) is 56.2 Å². The van der Waals surface area contributed by atoms with Crippen molar-refractivity contribution < 1.29 is 22.7 Å². The Morgan fingerprint density at radius 3 is 2.33 bits per heavy atom. The second kappa shape index (κ2) is 10.3. The third-order valence-electron chi connectivity index (χ3n) is 4.61. The summed E-state index contributed by atoms with van der Waals surface area (Å²) >= 11 is 0. The molecule has 2 atom stereocenters. The molecule has 2 aromatic rings. The van der Waals surface area contributed by atoms with Crippen molar-refractivity contribution in [2.45, 2.75) is 39.3 Å². The van der Waals surface area contributed by atoms with Gasteiger partial charge in [0.05, 0.1) is 18.0 Å². The van der Waals surface area contributed by atoms with Gasteiger partial charge in [-0.2, -0.15) is 0 Å². The molecule has 0 saturated carbocycles. The first-order chi connectivity index (χ1) is 14.1. The van der Waals surface area contributed by atoms with Crippen LogP contribution in [0.5, 0.6) is 11.5 Å². The predicted molar refractivity (Wildman–Crippen MR) is 119 cm³/mol. The molecule has 164 valence electrons. The molecule has 0 aliphatic heterocycles. The third kappa shape index (κ3) is 6.66. The van der Waals surface area contributed by atoms with Gasteiger partial charge in [0, 0.05) is 7.05 Å². The highest BCUT2D eigenvalue weighted by atomic mass is 32.2. The van der Waals surface area contributed by atoms with Gasteiger partial charge in [-0.15, -0.1) is 0 Å². The minimum atomic E-state index is -3.34. The monoisotopic (exact) mass is 434 g/mol. The molecule has 1 amide bonds. The fourth-order valence-electron chi connectivity index (χ4n) is 2.72. The van der Waals surface area contributed by atoms with E-state index in [1.165, 1.54) is 11.4 Å². The summed E-state index contributed by atoms with van der Waals surface area (Å²) in [6.45, 7) is 6.06. The molecule has 2 aromatic carbocycles. The standard InChI is InChI=1S/C22H30N2O5S/c1-6-20(29-19-13-11-18(12-14-19)24(4)30(5,26)27)22(25)23-17(3)15-28-21-10-8-7-9-16(21)2/h7-14,17,20H,6,15H2,1-5H3,(H,23,25). The van der Waals surface area contributed by atoms with Gasteiger partial charge in [0.15, 0.2) is 6.10 Å². The fraction of sp³-hybridized carbons (Fsp3) is 0.409. The average Bonchev–Trinajstić information content (AvgIpc) is 2.70. The quantitative estimate of drug-likeness (QED) is 0.621. The van der Waals surface area contributed by atoms with Crippen molar-refractivity contribution in [3.05, 3.63) is 54.1 Å². The molecular formula is C22H30N2O5S. The first-order valence-electron chi connectivity index (χ1n) is 9.81. The van der Waals surface area contributed by atoms with E-state index in [0.29, 0.717) is 24.5 Å². The Bertz CT molecular complexity index is 944. The van der Waals surface area contributed by atoms with Crippen LogP contribution < -0.4 is 19.1 Å². The van der Waals surface area contributed by atoms with Gasteiger partial charge in [-0.3, -0.25) is 9.10 Å². The SMILES string of the molecule is CCC(Oc1ccc(N(C)S(C)(=O)=O)cc1)C(=O)NC(C)COc1ccccc1C. The number of nitrogens with one attached hydrogen (secondary N) is 1. The lowest BCUT2D eigenvalue weighted by Gasteiger charge is -2.22. The number of rotatable bonds is 10. The Labute approximate surface area is 179 Å². The molecule has 2 rings (SSSR count). The summed E-state index contributed by atoms with van der Waals surface area (Å²) in [6, 6.07) is 14.1. The number of hydrogen-bond acceptors (Lipinski definition) is 5. The lowest BCUT2D eigenvalue weighted by atomic mass is 10.2. The summed E-state index contributed by atoms with van der Waals surface area (Å²) in [4.78, 5) is 12.6. The molecule has 0 aliphatic rings. The minimum absolute atomic E-state index is 0.194. The van der Waals surface area contributed by atoms with Crippen molar-refractivity contribution in [1.82, 2.24) is 5.32 Å². The number of carbonyl (C=O) groups is 1. The predicted octanol–water partition coefficient (Wildman–Crippen LogP) is 3.13. The Morgan fingerprint density at radius 1 is 1.13 bits per heavy atom. The lowest BCUT2D eigenvalue weighted by molar-refractivity contribution is -0.128. The molecule has 0 aromatic heterocycles. The minimum Gasteiger partial charge on any atom is -0.491 e. The summed E-state index contributed by atoms with van der Waals surface area (Å²) in [5.41, 5.74) is 1.56. The van der Waals surface area contributed by atoms with E-state index >= 15 is 0 Å². The van der Waals surface area contributed by atoms with E-state index in [1.807, 2.05) is 45.0 Å². The number of para-hydroxylation sites is 1. The zero-order valence-corrected chi connectivity index (χ0v) is 18.9. The normalized spacial score (nSPS) is 13.2. The zero-order chi connectivity index (χ0) is 22.3. The summed E-state index contributed by atoms with van der Waals surface area (Å²) in [5, 5.41) is 2.91. The van der Waals surface area contributed by atoms with Crippen LogP contribution in [0.15, 0.2) is 48.5 Å². The molecule has 0 heterocycles. The van der Waals surface area contributed by atoms with Crippen molar-refractivity contribution in [2.24, 2.45) is 0 Å². The molecule has 8 heteroatoms. The van der Waals surface area contributed by atoms with E-state index in [1.54, 1.807) is 24.3 Å². The van der Waals surface area contributed by atoms with E-state index < -0.39 is 16.1 Å². The van der Waals surface area contributed by atoms with Gasteiger partial charge in [-0.1, -0.05) is 25.1 Å². The second-order valence-corrected chi connectivity index (χ2v) is 9.24. The van der Waals surface area contributed by atoms with Crippen LogP contribution in [0.2, 0.25) is 0 Å². The van der Waals surface area contributed by atoms with Crippen LogP contribution in [0.1, 0.15) is 25.8 Å². The number of aryl methyl sites for hydroxylation is 1. The molecule has 0 bridgehead atoms. The molecular weight excluding hydrogens is 404 g/mol. The fourth-order valence-corrected chi connectivity index (χ4v) is 3.23. The maximum Gasteiger partial charge on any atom is 0.261 e. The number of amides is 1. The van der Waals surface area contributed by atoms with Gasteiger partial charge >= 0.3 is 0 Å². The Kier molecular flexibility index (Phi) is 8.11. The number of nitrogens with zero attached hydrogens (tertiary/aromatic N) is 1. The first kappa shape index (κ1) is 23.5. The molecule has 30 heavy (non-hydrogen) atoms. The number of benzene rings is 2. The Hall–Kier alpha value is -2.74. The highest BCUT2D eigenvalue weighted by molar-refractivity contribution is 7.92. The Morgan fingerprint density at radius 2 is 1.77 bits per heavy atom. The maximum atomic E-state index is 12.6. The summed E-state index contributed by atoms with van der Waals surface area (Å²) in [7, 11) is -1.86. The van der Waals surface area contributed by atoms with Crippen LogP contribution in [0.3, 0.4) is 0 Å². The van der Waals surface area contributed by atoms with Crippen LogP contribution in [0.25, 0.3) is 0 Å². The van der Waals surface area contributed by atoms with Crippen molar-refractivity contribution in [3.8, 4) is 11.5 Å². The van der Waals surface area contributed by atoms with E-state index in [-0.39, 0.29) is 11.9 Å². The smallest absolute Gasteiger partial charge is 0.261 e. The number of sulfonamides is 1. The molecule has 1 N–H and O–H groups in total. The highest BCUT2D eigenvalue weighted by Gasteiger charge is 2.21. The number of ether oxygens (including phenoxy) is 2. The first-order valence-corrected chi connectivity index (χ1v) is 11.7. The molecule has 0 fully saturated rings. The zero-order valence-electron chi connectivity index (χ0n) is 18.1. The number of carbonyl (C=O) groups excluding carboxylic acids is 1. The van der Waals surface area contributed by atoms with Crippen LogP contribution in [-0.4, -0.2) is 46.4 Å². The number of hydrogen-bond donors (Lipinski definition) is 1. The van der Waals surface area contributed by atoms with E-state index in [9.17, 15) is 13.2 Å². The van der Waals surface area contributed by atoms with Crippen LogP contribution in [0.4, 0.5) is 5.69 Å². The van der Waals surface area contributed by atoms with Crippen molar-refractivity contribution in [3.63, 3.8) is 0 Å². The third-order valence-corrected chi connectivity index (χ3v) is 5.82.